The molecule has 1 saturated heterocycles. The van der Waals surface area contributed by atoms with Crippen molar-refractivity contribution in [2.75, 3.05) is 31.1 Å². The van der Waals surface area contributed by atoms with E-state index in [9.17, 15) is 4.79 Å². The largest absolute Gasteiger partial charge is 0.369 e. The molecule has 0 bridgehead atoms. The van der Waals surface area contributed by atoms with Gasteiger partial charge in [0, 0.05) is 59.6 Å². The summed E-state index contributed by atoms with van der Waals surface area (Å²) in [5.74, 6) is 0.1000. The second-order valence-corrected chi connectivity index (χ2v) is 6.88. The molecule has 5 heteroatoms. The first-order chi connectivity index (χ1) is 11.5. The molecule has 1 aliphatic rings. The Balaban J connectivity index is 1.60. The number of anilines is 1. The fraction of sp³-hybridized carbons (Fsp3) is 0.316. The van der Waals surface area contributed by atoms with Crippen molar-refractivity contribution in [3.05, 3.63) is 63.6 Å². The maximum atomic E-state index is 11.4. The normalized spacial score (nSPS) is 15.5. The zero-order chi connectivity index (χ0) is 17.1. The minimum atomic E-state index is 0.1000. The van der Waals surface area contributed by atoms with Crippen LogP contribution in [-0.2, 0) is 6.54 Å². The van der Waals surface area contributed by atoms with Gasteiger partial charge in [0.15, 0.2) is 5.78 Å². The van der Waals surface area contributed by atoms with Crippen LogP contribution in [-0.4, -0.2) is 36.9 Å². The van der Waals surface area contributed by atoms with E-state index in [4.69, 9.17) is 23.2 Å². The van der Waals surface area contributed by atoms with Crippen LogP contribution < -0.4 is 4.90 Å². The number of hydrogen-bond donors (Lipinski definition) is 0. The van der Waals surface area contributed by atoms with Crippen LogP contribution in [0.2, 0.25) is 10.0 Å². The topological polar surface area (TPSA) is 23.6 Å². The van der Waals surface area contributed by atoms with E-state index in [0.29, 0.717) is 0 Å². The third-order valence-electron chi connectivity index (χ3n) is 4.45. The van der Waals surface area contributed by atoms with E-state index in [2.05, 4.69) is 9.80 Å². The first-order valence-corrected chi connectivity index (χ1v) is 8.81. The molecule has 0 aromatic heterocycles. The Morgan fingerprint density at radius 2 is 1.54 bits per heavy atom. The Labute approximate surface area is 152 Å². The Bertz CT molecular complexity index is 702. The van der Waals surface area contributed by atoms with E-state index in [-0.39, 0.29) is 5.78 Å². The van der Waals surface area contributed by atoms with E-state index in [1.165, 1.54) is 0 Å². The highest BCUT2D eigenvalue weighted by Crippen LogP contribution is 2.26. The monoisotopic (exact) mass is 362 g/mol. The number of rotatable bonds is 4. The molecule has 1 aliphatic heterocycles. The van der Waals surface area contributed by atoms with Crippen molar-refractivity contribution in [1.82, 2.24) is 4.90 Å². The quantitative estimate of drug-likeness (QED) is 0.747. The molecular formula is C19H20Cl2N2O. The zero-order valence-electron chi connectivity index (χ0n) is 13.6. The summed E-state index contributed by atoms with van der Waals surface area (Å²) in [6, 6.07) is 13.5. The molecule has 2 aromatic carbocycles. The Kier molecular flexibility index (Phi) is 5.44. The van der Waals surface area contributed by atoms with Gasteiger partial charge in [-0.3, -0.25) is 9.69 Å². The minimum absolute atomic E-state index is 0.1000. The number of Topliss-reactive ketones (excluding diaryl/α,β-unsaturated/α-hetero) is 1. The molecule has 0 saturated carbocycles. The molecule has 0 radical (unpaired) electrons. The fourth-order valence-corrected chi connectivity index (χ4v) is 3.50. The van der Waals surface area contributed by atoms with Gasteiger partial charge in [-0.25, -0.2) is 0 Å². The van der Waals surface area contributed by atoms with Gasteiger partial charge in [0.1, 0.15) is 0 Å². The third kappa shape index (κ3) is 3.92. The number of halogens is 2. The van der Waals surface area contributed by atoms with Crippen molar-refractivity contribution in [1.29, 1.82) is 0 Å². The van der Waals surface area contributed by atoms with Crippen LogP contribution in [0.4, 0.5) is 5.69 Å². The van der Waals surface area contributed by atoms with Crippen LogP contribution in [0.5, 0.6) is 0 Å². The van der Waals surface area contributed by atoms with Crippen LogP contribution in [0.25, 0.3) is 0 Å². The lowest BCUT2D eigenvalue weighted by atomic mass is 10.1. The standard InChI is InChI=1S/C19H20Cl2N2O/c1-14(24)15-5-7-16(8-6-15)23-11-9-22(10-12-23)13-17-18(20)3-2-4-19(17)21/h2-8H,9-13H2,1H3. The predicted molar refractivity (Wildman–Crippen MR) is 100 cm³/mol. The SMILES string of the molecule is CC(=O)c1ccc(N2CCN(Cc3c(Cl)cccc3Cl)CC2)cc1. The summed E-state index contributed by atoms with van der Waals surface area (Å²) in [5.41, 5.74) is 2.92. The molecule has 0 unspecified atom stereocenters. The molecule has 0 atom stereocenters. The van der Waals surface area contributed by atoms with Crippen LogP contribution in [0.1, 0.15) is 22.8 Å². The van der Waals surface area contributed by atoms with Crippen molar-refractivity contribution in [2.24, 2.45) is 0 Å². The lowest BCUT2D eigenvalue weighted by Crippen LogP contribution is -2.46. The number of nitrogens with zero attached hydrogens (tertiary/aromatic N) is 2. The smallest absolute Gasteiger partial charge is 0.159 e. The zero-order valence-corrected chi connectivity index (χ0v) is 15.1. The van der Waals surface area contributed by atoms with Crippen LogP contribution >= 0.6 is 23.2 Å². The average molecular weight is 363 g/mol. The van der Waals surface area contributed by atoms with Crippen LogP contribution in [0, 0.1) is 0 Å². The summed E-state index contributed by atoms with van der Waals surface area (Å²) in [6.45, 7) is 6.16. The van der Waals surface area contributed by atoms with Gasteiger partial charge in [-0.2, -0.15) is 0 Å². The molecule has 3 rings (SSSR count). The lowest BCUT2D eigenvalue weighted by Gasteiger charge is -2.36. The van der Waals surface area contributed by atoms with Gasteiger partial charge in [-0.05, 0) is 43.3 Å². The first-order valence-electron chi connectivity index (χ1n) is 8.06. The molecule has 3 nitrogen and oxygen atoms in total. The molecule has 24 heavy (non-hydrogen) atoms. The van der Waals surface area contributed by atoms with Gasteiger partial charge >= 0.3 is 0 Å². The average Bonchev–Trinajstić information content (AvgIpc) is 2.59. The Hall–Kier alpha value is -1.55. The van der Waals surface area contributed by atoms with Gasteiger partial charge < -0.3 is 4.90 Å². The van der Waals surface area contributed by atoms with Crippen LogP contribution in [0.3, 0.4) is 0 Å². The highest BCUT2D eigenvalue weighted by Gasteiger charge is 2.19. The highest BCUT2D eigenvalue weighted by molar-refractivity contribution is 6.35. The number of piperazine rings is 1. The minimum Gasteiger partial charge on any atom is -0.369 e. The third-order valence-corrected chi connectivity index (χ3v) is 5.16. The molecule has 1 heterocycles. The summed E-state index contributed by atoms with van der Waals surface area (Å²) < 4.78 is 0. The lowest BCUT2D eigenvalue weighted by molar-refractivity contribution is 0.101. The molecule has 1 fully saturated rings. The number of ketones is 1. The highest BCUT2D eigenvalue weighted by atomic mass is 35.5. The second-order valence-electron chi connectivity index (χ2n) is 6.07. The van der Waals surface area contributed by atoms with E-state index >= 15 is 0 Å². The maximum absolute atomic E-state index is 11.4. The van der Waals surface area contributed by atoms with Gasteiger partial charge in [0.05, 0.1) is 0 Å². The van der Waals surface area contributed by atoms with Crippen molar-refractivity contribution < 1.29 is 4.79 Å². The van der Waals surface area contributed by atoms with Gasteiger partial charge in [0.2, 0.25) is 0 Å². The number of carbonyl (C=O) groups excluding carboxylic acids is 1. The molecular weight excluding hydrogens is 343 g/mol. The van der Waals surface area contributed by atoms with Crippen molar-refractivity contribution >= 4 is 34.7 Å². The second kappa shape index (κ2) is 7.56. The molecule has 0 aliphatic carbocycles. The Morgan fingerprint density at radius 1 is 0.958 bits per heavy atom. The fourth-order valence-electron chi connectivity index (χ4n) is 2.98. The molecule has 0 amide bonds. The summed E-state index contributed by atoms with van der Waals surface area (Å²) in [4.78, 5) is 16.1. The van der Waals surface area contributed by atoms with Crippen molar-refractivity contribution in [2.45, 2.75) is 13.5 Å². The van der Waals surface area contributed by atoms with Gasteiger partial charge in [-0.15, -0.1) is 0 Å². The Morgan fingerprint density at radius 3 is 2.08 bits per heavy atom. The summed E-state index contributed by atoms with van der Waals surface area (Å²) >= 11 is 12.5. The van der Waals surface area contributed by atoms with Crippen molar-refractivity contribution in [3.63, 3.8) is 0 Å². The predicted octanol–water partition coefficient (Wildman–Crippen LogP) is 4.52. The first kappa shape index (κ1) is 17.3. The van der Waals surface area contributed by atoms with E-state index < -0.39 is 0 Å². The number of benzene rings is 2. The van der Waals surface area contributed by atoms with E-state index in [0.717, 1.165) is 59.6 Å². The summed E-state index contributed by atoms with van der Waals surface area (Å²) in [7, 11) is 0. The number of carbonyl (C=O) groups is 1. The van der Waals surface area contributed by atoms with E-state index in [1.807, 2.05) is 42.5 Å². The van der Waals surface area contributed by atoms with E-state index in [1.54, 1.807) is 6.92 Å². The summed E-state index contributed by atoms with van der Waals surface area (Å²) in [5, 5.41) is 1.45. The molecule has 0 spiro atoms. The molecule has 2 aromatic rings. The van der Waals surface area contributed by atoms with Crippen LogP contribution in [0.15, 0.2) is 42.5 Å². The number of hydrogen-bond acceptors (Lipinski definition) is 3. The molecule has 126 valence electrons. The molecule has 0 N–H and O–H groups in total. The van der Waals surface area contributed by atoms with Crippen molar-refractivity contribution in [3.8, 4) is 0 Å². The maximum Gasteiger partial charge on any atom is 0.159 e. The summed E-state index contributed by atoms with van der Waals surface area (Å²) in [6.07, 6.45) is 0. The van der Waals surface area contributed by atoms with Gasteiger partial charge in [0.25, 0.3) is 0 Å². The van der Waals surface area contributed by atoms with Gasteiger partial charge in [-0.1, -0.05) is 29.3 Å².